The van der Waals surface area contributed by atoms with Crippen LogP contribution in [-0.2, 0) is 9.59 Å². The van der Waals surface area contributed by atoms with E-state index in [2.05, 4.69) is 30.7 Å². The molecule has 0 aromatic heterocycles. The van der Waals surface area contributed by atoms with Crippen LogP contribution in [-0.4, -0.2) is 117 Å². The fourth-order valence-corrected chi connectivity index (χ4v) is 5.85. The molecule has 6 atom stereocenters. The first-order chi connectivity index (χ1) is 18.1. The third-order valence-corrected chi connectivity index (χ3v) is 8.10. The van der Waals surface area contributed by atoms with Gasteiger partial charge in [-0.15, -0.1) is 0 Å². The van der Waals surface area contributed by atoms with Gasteiger partial charge in [-0.2, -0.15) is 0 Å². The standard InChI is InChI=1S/C26H48F2N8O2/c1-4-5-6-18(27)11-32-16(2)22(24(29)30)26(38)34-21-13-31-12-20(28)23(21)36-9-7-17(8-10-36)25(37)33-19-14-35(3)15-19/h11,16-24,31H,4-10,12-15,29-30H2,1-3H3,(H,33,37)(H,34,38)/b32-11-. The summed E-state index contributed by atoms with van der Waals surface area (Å²) in [5.74, 6) is -1.31. The van der Waals surface area contributed by atoms with Gasteiger partial charge in [-0.25, -0.2) is 8.78 Å². The molecule has 2 amide bonds. The minimum atomic E-state index is -1.19. The molecule has 7 N–H and O–H groups in total. The third kappa shape index (κ3) is 8.38. The topological polar surface area (TPSA) is 141 Å². The van der Waals surface area contributed by atoms with Crippen molar-refractivity contribution in [2.24, 2.45) is 28.3 Å². The Balaban J connectivity index is 1.57. The maximum absolute atomic E-state index is 15.2. The molecule has 0 bridgehead atoms. The highest BCUT2D eigenvalue weighted by atomic mass is 19.1. The van der Waals surface area contributed by atoms with E-state index in [1.807, 2.05) is 14.0 Å². The number of nitrogens with zero attached hydrogens (tertiary/aromatic N) is 3. The average molecular weight is 543 g/mol. The lowest BCUT2D eigenvalue weighted by Gasteiger charge is -2.45. The zero-order chi connectivity index (χ0) is 27.8. The SMILES string of the molecule is CCCCC(F)/C=N\C(C)C(C(=O)NC1CNCC(F)C1N1CCC(C(=O)NC2CN(C)C2)CC1)C(N)N. The number of nitrogens with two attached hydrogens (primary N) is 2. The number of aliphatic imine (C=N–C) groups is 1. The van der Waals surface area contributed by atoms with E-state index in [1.54, 1.807) is 6.92 Å². The van der Waals surface area contributed by atoms with Crippen molar-refractivity contribution in [3.8, 4) is 0 Å². The minimum Gasteiger partial charge on any atom is -0.351 e. The van der Waals surface area contributed by atoms with Gasteiger partial charge in [0.05, 0.1) is 36.3 Å². The highest BCUT2D eigenvalue weighted by molar-refractivity contribution is 5.81. The molecular weight excluding hydrogens is 494 g/mol. The van der Waals surface area contributed by atoms with Crippen molar-refractivity contribution >= 4 is 18.0 Å². The van der Waals surface area contributed by atoms with Crippen LogP contribution in [0.5, 0.6) is 0 Å². The average Bonchev–Trinajstić information content (AvgIpc) is 2.85. The molecule has 12 heteroatoms. The number of hydrogen-bond donors (Lipinski definition) is 5. The molecular formula is C26H48F2N8O2. The quantitative estimate of drug-likeness (QED) is 0.169. The fourth-order valence-electron chi connectivity index (χ4n) is 5.85. The van der Waals surface area contributed by atoms with Crippen molar-refractivity contribution in [2.75, 3.05) is 46.3 Å². The molecule has 38 heavy (non-hydrogen) atoms. The first kappa shape index (κ1) is 30.8. The van der Waals surface area contributed by atoms with Gasteiger partial charge in [0.25, 0.3) is 0 Å². The van der Waals surface area contributed by atoms with E-state index in [0.29, 0.717) is 38.9 Å². The lowest BCUT2D eigenvalue weighted by molar-refractivity contribution is -0.128. The van der Waals surface area contributed by atoms with Crippen molar-refractivity contribution in [3.63, 3.8) is 0 Å². The van der Waals surface area contributed by atoms with Crippen molar-refractivity contribution in [3.05, 3.63) is 0 Å². The predicted molar refractivity (Wildman–Crippen MR) is 145 cm³/mol. The van der Waals surface area contributed by atoms with Crippen LogP contribution in [0.3, 0.4) is 0 Å². The number of piperidine rings is 2. The molecule has 3 aliphatic heterocycles. The molecule has 0 aromatic rings. The minimum absolute atomic E-state index is 0.0780. The van der Waals surface area contributed by atoms with E-state index in [1.165, 1.54) is 6.21 Å². The molecule has 3 heterocycles. The van der Waals surface area contributed by atoms with Crippen molar-refractivity contribution in [2.45, 2.75) is 88.6 Å². The highest BCUT2D eigenvalue weighted by Gasteiger charge is 2.42. The van der Waals surface area contributed by atoms with Gasteiger partial charge in [0.1, 0.15) is 12.3 Å². The van der Waals surface area contributed by atoms with Crippen LogP contribution in [0.4, 0.5) is 8.78 Å². The zero-order valence-electron chi connectivity index (χ0n) is 23.1. The molecule has 0 spiro atoms. The first-order valence-electron chi connectivity index (χ1n) is 14.2. The summed E-state index contributed by atoms with van der Waals surface area (Å²) >= 11 is 0. The van der Waals surface area contributed by atoms with Crippen LogP contribution in [0.15, 0.2) is 4.99 Å². The number of likely N-dealkylation sites (tertiary alicyclic amines) is 2. The van der Waals surface area contributed by atoms with Crippen LogP contribution >= 0.6 is 0 Å². The molecule has 6 unspecified atom stereocenters. The Bertz CT molecular complexity index is 789. The predicted octanol–water partition coefficient (Wildman–Crippen LogP) is -0.229. The number of carbonyl (C=O) groups excluding carboxylic acids is 2. The van der Waals surface area contributed by atoms with Crippen LogP contribution in [0, 0.1) is 11.8 Å². The number of rotatable bonds is 12. The lowest BCUT2D eigenvalue weighted by atomic mass is 9.89. The van der Waals surface area contributed by atoms with Crippen molar-refractivity contribution < 1.29 is 18.4 Å². The van der Waals surface area contributed by atoms with Crippen LogP contribution in [0.2, 0.25) is 0 Å². The summed E-state index contributed by atoms with van der Waals surface area (Å²) in [7, 11) is 2.02. The summed E-state index contributed by atoms with van der Waals surface area (Å²) in [6.07, 6.45) is 1.17. The molecule has 3 aliphatic rings. The number of hydrogen-bond acceptors (Lipinski definition) is 8. The normalized spacial score (nSPS) is 28.7. The number of nitrogens with one attached hydrogen (secondary N) is 3. The van der Waals surface area contributed by atoms with Crippen molar-refractivity contribution in [1.29, 1.82) is 0 Å². The molecule has 3 fully saturated rings. The van der Waals surface area contributed by atoms with E-state index in [-0.39, 0.29) is 24.4 Å². The maximum Gasteiger partial charge on any atom is 0.228 e. The number of unbranched alkanes of at least 4 members (excludes halogenated alkanes) is 1. The second-order valence-corrected chi connectivity index (χ2v) is 11.3. The fraction of sp³-hybridized carbons (Fsp3) is 0.885. The third-order valence-electron chi connectivity index (χ3n) is 8.10. The van der Waals surface area contributed by atoms with Gasteiger partial charge >= 0.3 is 0 Å². The van der Waals surface area contributed by atoms with Gasteiger partial charge < -0.3 is 32.3 Å². The summed E-state index contributed by atoms with van der Waals surface area (Å²) in [5, 5.41) is 9.14. The molecule has 0 radical (unpaired) electrons. The van der Waals surface area contributed by atoms with E-state index in [4.69, 9.17) is 11.5 Å². The molecule has 3 saturated heterocycles. The molecule has 10 nitrogen and oxygen atoms in total. The Morgan fingerprint density at radius 3 is 2.47 bits per heavy atom. The van der Waals surface area contributed by atoms with E-state index >= 15 is 4.39 Å². The van der Waals surface area contributed by atoms with E-state index in [0.717, 1.165) is 25.9 Å². The second kappa shape index (κ2) is 14.6. The number of amides is 2. The van der Waals surface area contributed by atoms with Gasteiger partial charge in [-0.05, 0) is 46.3 Å². The molecule has 0 saturated carbocycles. The summed E-state index contributed by atoms with van der Waals surface area (Å²) < 4.78 is 29.3. The number of likely N-dealkylation sites (N-methyl/N-ethyl adjacent to an activating group) is 1. The van der Waals surface area contributed by atoms with Gasteiger partial charge in [0.2, 0.25) is 11.8 Å². The summed E-state index contributed by atoms with van der Waals surface area (Å²) in [5.41, 5.74) is 11.9. The van der Waals surface area contributed by atoms with E-state index in [9.17, 15) is 14.0 Å². The van der Waals surface area contributed by atoms with Crippen LogP contribution < -0.4 is 27.4 Å². The second-order valence-electron chi connectivity index (χ2n) is 11.3. The molecule has 3 rings (SSSR count). The Hall–Kier alpha value is -1.73. The highest BCUT2D eigenvalue weighted by Crippen LogP contribution is 2.25. The number of alkyl halides is 2. The van der Waals surface area contributed by atoms with E-state index < -0.39 is 48.5 Å². The molecule has 0 aliphatic carbocycles. The summed E-state index contributed by atoms with van der Waals surface area (Å²) in [6, 6.07) is -1.44. The molecule has 0 aromatic carbocycles. The van der Waals surface area contributed by atoms with Crippen LogP contribution in [0.25, 0.3) is 0 Å². The summed E-state index contributed by atoms with van der Waals surface area (Å²) in [4.78, 5) is 34.4. The van der Waals surface area contributed by atoms with Gasteiger partial charge in [-0.3, -0.25) is 19.5 Å². The Kier molecular flexibility index (Phi) is 11.8. The molecule has 218 valence electrons. The Morgan fingerprint density at radius 1 is 1.18 bits per heavy atom. The monoisotopic (exact) mass is 542 g/mol. The largest absolute Gasteiger partial charge is 0.351 e. The van der Waals surface area contributed by atoms with Crippen molar-refractivity contribution in [1.82, 2.24) is 25.8 Å². The Morgan fingerprint density at radius 2 is 1.87 bits per heavy atom. The van der Waals surface area contributed by atoms with Gasteiger partial charge in [-0.1, -0.05) is 19.8 Å². The maximum atomic E-state index is 15.2. The lowest BCUT2D eigenvalue weighted by Crippen LogP contribution is -2.67. The zero-order valence-corrected chi connectivity index (χ0v) is 23.1. The number of halogens is 2. The number of carbonyl (C=O) groups is 2. The smallest absolute Gasteiger partial charge is 0.228 e. The summed E-state index contributed by atoms with van der Waals surface area (Å²) in [6.45, 7) is 7.18. The van der Waals surface area contributed by atoms with Gasteiger partial charge in [0.15, 0.2) is 0 Å². The van der Waals surface area contributed by atoms with Crippen LogP contribution in [0.1, 0.15) is 46.0 Å². The Labute approximate surface area is 225 Å². The van der Waals surface area contributed by atoms with Gasteiger partial charge in [0, 0.05) is 38.3 Å². The first-order valence-corrected chi connectivity index (χ1v) is 14.2.